The Kier molecular flexibility index (Phi) is 3.51. The average molecular weight is 294 g/mol. The van der Waals surface area contributed by atoms with Gasteiger partial charge in [-0.05, 0) is 29.8 Å². The topological polar surface area (TPSA) is 44.5 Å². The highest BCUT2D eigenvalue weighted by molar-refractivity contribution is 6.30. The van der Waals surface area contributed by atoms with Gasteiger partial charge in [-0.3, -0.25) is 0 Å². The van der Waals surface area contributed by atoms with Gasteiger partial charge in [0.2, 0.25) is 0 Å². The van der Waals surface area contributed by atoms with Crippen molar-refractivity contribution in [2.75, 3.05) is 13.2 Å². The van der Waals surface area contributed by atoms with E-state index in [1.807, 2.05) is 6.07 Å². The van der Waals surface area contributed by atoms with Crippen LogP contribution in [-0.2, 0) is 0 Å². The van der Waals surface area contributed by atoms with Crippen LogP contribution in [0.4, 0.5) is 4.39 Å². The maximum Gasteiger partial charge on any atom is 0.161 e. The van der Waals surface area contributed by atoms with Crippen molar-refractivity contribution < 1.29 is 13.9 Å². The van der Waals surface area contributed by atoms with Crippen LogP contribution in [-0.4, -0.2) is 13.2 Å². The first-order valence-electron chi connectivity index (χ1n) is 6.25. The van der Waals surface area contributed by atoms with Crippen LogP contribution in [0, 0.1) is 5.82 Å². The molecule has 1 aliphatic heterocycles. The first kappa shape index (κ1) is 13.2. The summed E-state index contributed by atoms with van der Waals surface area (Å²) in [6, 6.07) is 9.28. The fourth-order valence-corrected chi connectivity index (χ4v) is 2.35. The quantitative estimate of drug-likeness (QED) is 0.924. The second kappa shape index (κ2) is 5.31. The van der Waals surface area contributed by atoms with Gasteiger partial charge in [0.05, 0.1) is 6.04 Å². The van der Waals surface area contributed by atoms with Gasteiger partial charge in [-0.25, -0.2) is 4.39 Å². The van der Waals surface area contributed by atoms with Crippen LogP contribution >= 0.6 is 11.6 Å². The third-order valence-corrected chi connectivity index (χ3v) is 3.46. The average Bonchev–Trinajstić information content (AvgIpc) is 2.46. The number of ether oxygens (including phenoxy) is 2. The van der Waals surface area contributed by atoms with Gasteiger partial charge < -0.3 is 15.2 Å². The lowest BCUT2D eigenvalue weighted by Crippen LogP contribution is -2.17. The SMILES string of the molecule is NC(c1ccc2c(c1)OCCO2)c1ccc(Cl)cc1F. The number of hydrogen-bond acceptors (Lipinski definition) is 3. The zero-order valence-corrected chi connectivity index (χ0v) is 11.4. The minimum atomic E-state index is -0.580. The fraction of sp³-hybridized carbons (Fsp3) is 0.200. The Labute approximate surface area is 121 Å². The van der Waals surface area contributed by atoms with E-state index in [0.29, 0.717) is 35.3 Å². The fourth-order valence-electron chi connectivity index (χ4n) is 2.19. The van der Waals surface area contributed by atoms with Crippen molar-refractivity contribution in [3.63, 3.8) is 0 Å². The first-order chi connectivity index (χ1) is 9.65. The molecule has 1 unspecified atom stereocenters. The van der Waals surface area contributed by atoms with Crippen molar-refractivity contribution in [2.24, 2.45) is 5.73 Å². The van der Waals surface area contributed by atoms with E-state index in [1.165, 1.54) is 6.07 Å². The summed E-state index contributed by atoms with van der Waals surface area (Å²) >= 11 is 5.75. The number of benzene rings is 2. The molecule has 20 heavy (non-hydrogen) atoms. The highest BCUT2D eigenvalue weighted by atomic mass is 35.5. The normalized spacial score (nSPS) is 14.9. The minimum absolute atomic E-state index is 0.348. The van der Waals surface area contributed by atoms with E-state index in [2.05, 4.69) is 0 Å². The zero-order valence-electron chi connectivity index (χ0n) is 10.6. The second-order valence-corrected chi connectivity index (χ2v) is 4.98. The van der Waals surface area contributed by atoms with Gasteiger partial charge in [0.15, 0.2) is 11.5 Å². The van der Waals surface area contributed by atoms with Crippen LogP contribution in [0.2, 0.25) is 5.02 Å². The molecule has 0 aromatic heterocycles. The Morgan fingerprint density at radius 3 is 2.55 bits per heavy atom. The van der Waals surface area contributed by atoms with Gasteiger partial charge in [0.1, 0.15) is 19.0 Å². The Hall–Kier alpha value is -1.78. The monoisotopic (exact) mass is 293 g/mol. The minimum Gasteiger partial charge on any atom is -0.486 e. The molecule has 0 radical (unpaired) electrons. The Morgan fingerprint density at radius 2 is 1.80 bits per heavy atom. The zero-order chi connectivity index (χ0) is 14.1. The lowest BCUT2D eigenvalue weighted by Gasteiger charge is -2.21. The van der Waals surface area contributed by atoms with Gasteiger partial charge in [0, 0.05) is 10.6 Å². The lowest BCUT2D eigenvalue weighted by atomic mass is 9.98. The Bertz CT molecular complexity index is 648. The molecule has 0 saturated heterocycles. The summed E-state index contributed by atoms with van der Waals surface area (Å²) in [5.41, 5.74) is 7.28. The van der Waals surface area contributed by atoms with Crippen LogP contribution in [0.3, 0.4) is 0 Å². The molecule has 5 heteroatoms. The molecular weight excluding hydrogens is 281 g/mol. The molecular formula is C15H13ClFNO2. The second-order valence-electron chi connectivity index (χ2n) is 4.55. The molecule has 2 N–H and O–H groups in total. The number of fused-ring (bicyclic) bond motifs is 1. The molecule has 104 valence electrons. The van der Waals surface area contributed by atoms with Crippen molar-refractivity contribution in [1.29, 1.82) is 0 Å². The van der Waals surface area contributed by atoms with E-state index in [0.717, 1.165) is 5.56 Å². The molecule has 2 aromatic rings. The van der Waals surface area contributed by atoms with E-state index in [-0.39, 0.29) is 0 Å². The molecule has 3 nitrogen and oxygen atoms in total. The molecule has 1 atom stereocenters. The summed E-state index contributed by atoms with van der Waals surface area (Å²) < 4.78 is 24.9. The summed E-state index contributed by atoms with van der Waals surface area (Å²) in [5.74, 6) is 0.905. The summed E-state index contributed by atoms with van der Waals surface area (Å²) in [4.78, 5) is 0. The number of halogens is 2. The Balaban J connectivity index is 1.95. The van der Waals surface area contributed by atoms with E-state index in [1.54, 1.807) is 24.3 Å². The smallest absolute Gasteiger partial charge is 0.161 e. The van der Waals surface area contributed by atoms with Crippen molar-refractivity contribution in [1.82, 2.24) is 0 Å². The predicted molar refractivity (Wildman–Crippen MR) is 74.9 cm³/mol. The first-order valence-corrected chi connectivity index (χ1v) is 6.63. The van der Waals surface area contributed by atoms with Crippen LogP contribution in [0.25, 0.3) is 0 Å². The summed E-state index contributed by atoms with van der Waals surface area (Å²) in [7, 11) is 0. The van der Waals surface area contributed by atoms with Crippen LogP contribution in [0.1, 0.15) is 17.2 Å². The van der Waals surface area contributed by atoms with Crippen molar-refractivity contribution in [3.8, 4) is 11.5 Å². The molecule has 1 aliphatic rings. The lowest BCUT2D eigenvalue weighted by molar-refractivity contribution is 0.171. The van der Waals surface area contributed by atoms with Gasteiger partial charge in [-0.15, -0.1) is 0 Å². The molecule has 3 rings (SSSR count). The molecule has 0 bridgehead atoms. The highest BCUT2D eigenvalue weighted by Gasteiger charge is 2.18. The molecule has 1 heterocycles. The van der Waals surface area contributed by atoms with Gasteiger partial charge in [0.25, 0.3) is 0 Å². The van der Waals surface area contributed by atoms with E-state index in [4.69, 9.17) is 26.8 Å². The molecule has 0 amide bonds. The van der Waals surface area contributed by atoms with Crippen molar-refractivity contribution >= 4 is 11.6 Å². The number of hydrogen-bond donors (Lipinski definition) is 1. The molecule has 0 spiro atoms. The maximum absolute atomic E-state index is 13.9. The molecule has 0 aliphatic carbocycles. The summed E-state index contributed by atoms with van der Waals surface area (Å²) in [6.45, 7) is 1.03. The number of nitrogens with two attached hydrogens (primary N) is 1. The third kappa shape index (κ3) is 2.44. The number of rotatable bonds is 2. The van der Waals surface area contributed by atoms with E-state index >= 15 is 0 Å². The van der Waals surface area contributed by atoms with Gasteiger partial charge in [-0.2, -0.15) is 0 Å². The van der Waals surface area contributed by atoms with Crippen LogP contribution in [0.15, 0.2) is 36.4 Å². The predicted octanol–water partition coefficient (Wildman–Crippen LogP) is 3.30. The van der Waals surface area contributed by atoms with Crippen molar-refractivity contribution in [2.45, 2.75) is 6.04 Å². The molecule has 0 fully saturated rings. The Morgan fingerprint density at radius 1 is 1.05 bits per heavy atom. The third-order valence-electron chi connectivity index (χ3n) is 3.22. The summed E-state index contributed by atoms with van der Waals surface area (Å²) in [5, 5.41) is 0.348. The molecule has 2 aromatic carbocycles. The highest BCUT2D eigenvalue weighted by Crippen LogP contribution is 2.34. The van der Waals surface area contributed by atoms with Crippen molar-refractivity contribution in [3.05, 3.63) is 58.4 Å². The standard InChI is InChI=1S/C15H13ClFNO2/c16-10-2-3-11(12(17)8-10)15(18)9-1-4-13-14(7-9)20-6-5-19-13/h1-4,7-8,15H,5-6,18H2. The maximum atomic E-state index is 13.9. The van der Waals surface area contributed by atoms with E-state index < -0.39 is 11.9 Å². The van der Waals surface area contributed by atoms with Gasteiger partial charge in [-0.1, -0.05) is 23.7 Å². The van der Waals surface area contributed by atoms with E-state index in [9.17, 15) is 4.39 Å². The van der Waals surface area contributed by atoms with Crippen LogP contribution < -0.4 is 15.2 Å². The van der Waals surface area contributed by atoms with Crippen LogP contribution in [0.5, 0.6) is 11.5 Å². The largest absolute Gasteiger partial charge is 0.486 e. The van der Waals surface area contributed by atoms with Gasteiger partial charge >= 0.3 is 0 Å². The molecule has 0 saturated carbocycles. The summed E-state index contributed by atoms with van der Waals surface area (Å²) in [6.07, 6.45) is 0.